The standard InChI is InChI=1S/C19H27N3O5/c1-19(2,3)27-18(26)15-11-21-8-9-22(15)16(23)13-6-4-12(5-7-13)10-14(20)17(24)25/h4-7,14-15,21H,8-11,20H2,1-3H3,(H,24,25)/t14-,15?/m0/s1. The molecule has 0 bridgehead atoms. The molecule has 1 fully saturated rings. The predicted molar refractivity (Wildman–Crippen MR) is 99.3 cm³/mol. The minimum Gasteiger partial charge on any atom is -0.480 e. The molecule has 1 unspecified atom stereocenters. The topological polar surface area (TPSA) is 122 Å². The van der Waals surface area contributed by atoms with E-state index in [0.29, 0.717) is 25.2 Å². The summed E-state index contributed by atoms with van der Waals surface area (Å²) in [6.07, 6.45) is 0.179. The smallest absolute Gasteiger partial charge is 0.330 e. The van der Waals surface area contributed by atoms with Crippen molar-refractivity contribution < 1.29 is 24.2 Å². The Labute approximate surface area is 158 Å². The number of aliphatic carboxylic acids is 1. The van der Waals surface area contributed by atoms with E-state index in [4.69, 9.17) is 15.6 Å². The molecule has 1 aromatic carbocycles. The largest absolute Gasteiger partial charge is 0.480 e. The Morgan fingerprint density at radius 2 is 1.93 bits per heavy atom. The highest BCUT2D eigenvalue weighted by molar-refractivity contribution is 5.97. The average Bonchev–Trinajstić information content (AvgIpc) is 2.60. The van der Waals surface area contributed by atoms with E-state index in [1.165, 1.54) is 4.90 Å². The van der Waals surface area contributed by atoms with Gasteiger partial charge in [-0.1, -0.05) is 12.1 Å². The number of nitrogens with one attached hydrogen (secondary N) is 1. The minimum atomic E-state index is -1.07. The van der Waals surface area contributed by atoms with E-state index >= 15 is 0 Å². The van der Waals surface area contributed by atoms with Crippen LogP contribution < -0.4 is 11.1 Å². The van der Waals surface area contributed by atoms with E-state index in [0.717, 1.165) is 5.56 Å². The molecule has 1 aliphatic heterocycles. The molecule has 8 heteroatoms. The number of esters is 1. The van der Waals surface area contributed by atoms with E-state index in [2.05, 4.69) is 5.32 Å². The maximum absolute atomic E-state index is 12.9. The molecule has 0 spiro atoms. The summed E-state index contributed by atoms with van der Waals surface area (Å²) in [5.74, 6) is -1.77. The Morgan fingerprint density at radius 3 is 2.48 bits per heavy atom. The first-order valence-corrected chi connectivity index (χ1v) is 8.90. The zero-order valence-electron chi connectivity index (χ0n) is 15.9. The number of hydrogen-bond donors (Lipinski definition) is 3. The summed E-state index contributed by atoms with van der Waals surface area (Å²) in [5, 5.41) is 12.0. The third kappa shape index (κ3) is 5.77. The SMILES string of the molecule is CC(C)(C)OC(=O)C1CNCCN1C(=O)c1ccc(C[C@H](N)C(=O)O)cc1. The molecule has 1 saturated heterocycles. The molecule has 8 nitrogen and oxygen atoms in total. The Balaban J connectivity index is 2.11. The number of nitrogens with two attached hydrogens (primary N) is 1. The van der Waals surface area contributed by atoms with E-state index in [9.17, 15) is 14.4 Å². The molecule has 4 N–H and O–H groups in total. The number of ether oxygens (including phenoxy) is 1. The summed E-state index contributed by atoms with van der Waals surface area (Å²) in [6, 6.07) is 4.93. The Hall–Kier alpha value is -2.45. The van der Waals surface area contributed by atoms with Crippen molar-refractivity contribution in [2.45, 2.75) is 44.9 Å². The molecule has 0 aromatic heterocycles. The summed E-state index contributed by atoms with van der Waals surface area (Å²) in [4.78, 5) is 37.7. The zero-order valence-corrected chi connectivity index (χ0v) is 15.9. The van der Waals surface area contributed by atoms with Crippen LogP contribution in [0.4, 0.5) is 0 Å². The molecular formula is C19H27N3O5. The second-order valence-electron chi connectivity index (χ2n) is 7.60. The van der Waals surface area contributed by atoms with Crippen LogP contribution in [0.5, 0.6) is 0 Å². The minimum absolute atomic E-state index is 0.179. The molecule has 1 aromatic rings. The van der Waals surface area contributed by atoms with Crippen molar-refractivity contribution in [3.8, 4) is 0 Å². The third-order valence-corrected chi connectivity index (χ3v) is 4.16. The first-order valence-electron chi connectivity index (χ1n) is 8.90. The van der Waals surface area contributed by atoms with Crippen LogP contribution in [0, 0.1) is 0 Å². The predicted octanol–water partition coefficient (Wildman–Crippen LogP) is 0.397. The molecule has 0 aliphatic carbocycles. The number of piperazine rings is 1. The Bertz CT molecular complexity index is 696. The summed E-state index contributed by atoms with van der Waals surface area (Å²) < 4.78 is 5.44. The normalized spacial score (nSPS) is 18.7. The number of carboxylic acid groups (broad SMARTS) is 1. The lowest BCUT2D eigenvalue weighted by atomic mass is 10.0. The number of rotatable bonds is 5. The van der Waals surface area contributed by atoms with Gasteiger partial charge in [-0.25, -0.2) is 4.79 Å². The van der Waals surface area contributed by atoms with Crippen molar-refractivity contribution in [2.24, 2.45) is 5.73 Å². The van der Waals surface area contributed by atoms with E-state index in [1.54, 1.807) is 45.0 Å². The van der Waals surface area contributed by atoms with Gasteiger partial charge in [-0.05, 0) is 44.9 Å². The van der Waals surface area contributed by atoms with Crippen molar-refractivity contribution in [1.29, 1.82) is 0 Å². The quantitative estimate of drug-likeness (QED) is 0.635. The highest BCUT2D eigenvalue weighted by Gasteiger charge is 2.35. The molecule has 1 heterocycles. The van der Waals surface area contributed by atoms with Gasteiger partial charge in [0.15, 0.2) is 0 Å². The lowest BCUT2D eigenvalue weighted by Gasteiger charge is -2.36. The number of carbonyl (C=O) groups excluding carboxylic acids is 2. The monoisotopic (exact) mass is 377 g/mol. The molecule has 1 aliphatic rings. The van der Waals surface area contributed by atoms with E-state index in [1.807, 2.05) is 0 Å². The van der Waals surface area contributed by atoms with Crippen molar-refractivity contribution in [1.82, 2.24) is 10.2 Å². The van der Waals surface area contributed by atoms with Crippen LogP contribution in [0.3, 0.4) is 0 Å². The van der Waals surface area contributed by atoms with Crippen LogP contribution in [0.25, 0.3) is 0 Å². The van der Waals surface area contributed by atoms with Crippen molar-refractivity contribution >= 4 is 17.8 Å². The first-order chi connectivity index (χ1) is 12.6. The molecule has 2 atom stereocenters. The van der Waals surface area contributed by atoms with Crippen LogP contribution in [0.15, 0.2) is 24.3 Å². The van der Waals surface area contributed by atoms with Gasteiger partial charge in [-0.15, -0.1) is 0 Å². The summed E-state index contributed by atoms with van der Waals surface area (Å²) in [7, 11) is 0. The lowest BCUT2D eigenvalue weighted by molar-refractivity contribution is -0.161. The number of carbonyl (C=O) groups is 3. The zero-order chi connectivity index (χ0) is 20.2. The summed E-state index contributed by atoms with van der Waals surface area (Å²) in [6.45, 7) is 6.69. The van der Waals surface area contributed by atoms with Crippen molar-refractivity contribution in [3.05, 3.63) is 35.4 Å². The highest BCUT2D eigenvalue weighted by Crippen LogP contribution is 2.16. The van der Waals surface area contributed by atoms with Crippen LogP contribution in [-0.4, -0.2) is 65.2 Å². The Kier molecular flexibility index (Phi) is 6.56. The van der Waals surface area contributed by atoms with Gasteiger partial charge in [0.05, 0.1) is 0 Å². The molecule has 0 saturated carbocycles. The highest BCUT2D eigenvalue weighted by atomic mass is 16.6. The Morgan fingerprint density at radius 1 is 1.30 bits per heavy atom. The van der Waals surface area contributed by atoms with Gasteiger partial charge in [0.1, 0.15) is 17.7 Å². The van der Waals surface area contributed by atoms with Crippen LogP contribution in [0.2, 0.25) is 0 Å². The van der Waals surface area contributed by atoms with Crippen LogP contribution in [0.1, 0.15) is 36.7 Å². The molecule has 2 rings (SSSR count). The average molecular weight is 377 g/mol. The first kappa shape index (κ1) is 20.9. The number of amides is 1. The van der Waals surface area contributed by atoms with E-state index < -0.39 is 29.6 Å². The molecular weight excluding hydrogens is 350 g/mol. The second kappa shape index (κ2) is 8.49. The van der Waals surface area contributed by atoms with Gasteiger partial charge >= 0.3 is 11.9 Å². The summed E-state index contributed by atoms with van der Waals surface area (Å²) in [5.41, 5.74) is 6.06. The number of benzene rings is 1. The van der Waals surface area contributed by atoms with Gasteiger partial charge in [0, 0.05) is 25.2 Å². The molecule has 148 valence electrons. The number of nitrogens with zero attached hydrogens (tertiary/aromatic N) is 1. The third-order valence-electron chi connectivity index (χ3n) is 4.16. The van der Waals surface area contributed by atoms with Gasteiger partial charge in [0.25, 0.3) is 5.91 Å². The van der Waals surface area contributed by atoms with Crippen LogP contribution in [-0.2, 0) is 20.7 Å². The number of carboxylic acids is 1. The summed E-state index contributed by atoms with van der Waals surface area (Å²) >= 11 is 0. The fourth-order valence-electron chi connectivity index (χ4n) is 2.82. The van der Waals surface area contributed by atoms with Crippen molar-refractivity contribution in [2.75, 3.05) is 19.6 Å². The second-order valence-corrected chi connectivity index (χ2v) is 7.60. The van der Waals surface area contributed by atoms with Crippen molar-refractivity contribution in [3.63, 3.8) is 0 Å². The molecule has 0 radical (unpaired) electrons. The fraction of sp³-hybridized carbons (Fsp3) is 0.526. The maximum Gasteiger partial charge on any atom is 0.330 e. The van der Waals surface area contributed by atoms with Gasteiger partial charge < -0.3 is 25.8 Å². The lowest BCUT2D eigenvalue weighted by Crippen LogP contribution is -2.58. The molecule has 27 heavy (non-hydrogen) atoms. The fourth-order valence-corrected chi connectivity index (χ4v) is 2.82. The van der Waals surface area contributed by atoms with Gasteiger partial charge in [0.2, 0.25) is 0 Å². The van der Waals surface area contributed by atoms with Gasteiger partial charge in [-0.2, -0.15) is 0 Å². The van der Waals surface area contributed by atoms with Crippen LogP contribution >= 0.6 is 0 Å². The van der Waals surface area contributed by atoms with E-state index in [-0.39, 0.29) is 12.3 Å². The maximum atomic E-state index is 12.9. The van der Waals surface area contributed by atoms with Gasteiger partial charge in [-0.3, -0.25) is 9.59 Å². The number of hydrogen-bond acceptors (Lipinski definition) is 6. The molecule has 1 amide bonds.